The molecule has 9 nitrogen and oxygen atoms in total. The average Bonchev–Trinajstić information content (AvgIpc) is 3.06. The minimum atomic E-state index is -3.84. The molecule has 26 heavy (non-hydrogen) atoms. The zero-order chi connectivity index (χ0) is 19.0. The SMILES string of the molecule is Cn1cc(S(=O)(=O)NCC(=O)OCC(=O)NCCC2=CCCCC2)cn1. The van der Waals surface area contributed by atoms with E-state index in [2.05, 4.69) is 21.2 Å². The molecule has 2 N–H and O–H groups in total. The molecule has 2 rings (SSSR count). The molecule has 0 radical (unpaired) electrons. The number of nitrogens with one attached hydrogen (secondary N) is 2. The summed E-state index contributed by atoms with van der Waals surface area (Å²) in [5.74, 6) is -1.24. The molecule has 0 atom stereocenters. The van der Waals surface area contributed by atoms with Crippen LogP contribution in [0.5, 0.6) is 0 Å². The van der Waals surface area contributed by atoms with Crippen LogP contribution in [0.25, 0.3) is 0 Å². The quantitative estimate of drug-likeness (QED) is 0.465. The van der Waals surface area contributed by atoms with Gasteiger partial charge in [-0.2, -0.15) is 9.82 Å². The molecular weight excluding hydrogens is 360 g/mol. The number of allylic oxidation sites excluding steroid dienone is 1. The number of rotatable bonds is 9. The Labute approximate surface area is 152 Å². The highest BCUT2D eigenvalue weighted by Gasteiger charge is 2.18. The van der Waals surface area contributed by atoms with Gasteiger partial charge in [-0.05, 0) is 32.1 Å². The fourth-order valence-corrected chi connectivity index (χ4v) is 3.47. The molecule has 0 saturated heterocycles. The Balaban J connectivity index is 1.63. The summed E-state index contributed by atoms with van der Waals surface area (Å²) < 4.78 is 32.1. The van der Waals surface area contributed by atoms with Crippen LogP contribution in [0.3, 0.4) is 0 Å². The molecule has 1 aliphatic rings. The Hall–Kier alpha value is -2.20. The van der Waals surface area contributed by atoms with E-state index in [1.165, 1.54) is 35.5 Å². The van der Waals surface area contributed by atoms with Crippen LogP contribution >= 0.6 is 0 Å². The normalized spacial score (nSPS) is 14.6. The lowest BCUT2D eigenvalue weighted by Gasteiger charge is -2.13. The van der Waals surface area contributed by atoms with Crippen LogP contribution in [0.4, 0.5) is 0 Å². The van der Waals surface area contributed by atoms with Gasteiger partial charge < -0.3 is 10.1 Å². The fraction of sp³-hybridized carbons (Fsp3) is 0.562. The molecule has 1 aliphatic carbocycles. The zero-order valence-corrected chi connectivity index (χ0v) is 15.5. The molecule has 1 aromatic rings. The van der Waals surface area contributed by atoms with Crippen molar-refractivity contribution in [2.24, 2.45) is 7.05 Å². The fourth-order valence-electron chi connectivity index (χ4n) is 2.52. The highest BCUT2D eigenvalue weighted by atomic mass is 32.2. The molecule has 0 spiro atoms. The van der Waals surface area contributed by atoms with Crippen molar-refractivity contribution < 1.29 is 22.7 Å². The van der Waals surface area contributed by atoms with Crippen molar-refractivity contribution in [3.8, 4) is 0 Å². The van der Waals surface area contributed by atoms with Gasteiger partial charge in [-0.25, -0.2) is 8.42 Å². The smallest absolute Gasteiger partial charge is 0.321 e. The molecular formula is C16H24N4O5S. The van der Waals surface area contributed by atoms with Gasteiger partial charge in [0.25, 0.3) is 5.91 Å². The number of hydrogen-bond donors (Lipinski definition) is 2. The first-order valence-corrected chi connectivity index (χ1v) is 9.93. The van der Waals surface area contributed by atoms with Crippen LogP contribution in [0, 0.1) is 0 Å². The Kier molecular flexibility index (Phi) is 7.34. The van der Waals surface area contributed by atoms with Crippen LogP contribution < -0.4 is 10.0 Å². The number of carbonyl (C=O) groups is 2. The van der Waals surface area contributed by atoms with Crippen LogP contribution in [-0.4, -0.2) is 49.8 Å². The summed E-state index contributed by atoms with van der Waals surface area (Å²) in [6.07, 6.45) is 10.1. The number of carbonyl (C=O) groups excluding carboxylic acids is 2. The van der Waals surface area contributed by atoms with Gasteiger partial charge in [0.1, 0.15) is 11.4 Å². The monoisotopic (exact) mass is 384 g/mol. The van der Waals surface area contributed by atoms with E-state index in [4.69, 9.17) is 4.74 Å². The van der Waals surface area contributed by atoms with Gasteiger partial charge in [-0.1, -0.05) is 11.6 Å². The molecule has 144 valence electrons. The van der Waals surface area contributed by atoms with E-state index in [1.54, 1.807) is 7.05 Å². The van der Waals surface area contributed by atoms with Crippen LogP contribution in [-0.2, 0) is 31.4 Å². The van der Waals surface area contributed by atoms with Gasteiger partial charge in [0.2, 0.25) is 10.0 Å². The maximum absolute atomic E-state index is 11.9. The predicted octanol–water partition coefficient (Wildman–Crippen LogP) is 0.248. The van der Waals surface area contributed by atoms with Gasteiger partial charge >= 0.3 is 5.97 Å². The van der Waals surface area contributed by atoms with E-state index in [1.807, 2.05) is 0 Å². The van der Waals surface area contributed by atoms with E-state index in [9.17, 15) is 18.0 Å². The van der Waals surface area contributed by atoms with E-state index >= 15 is 0 Å². The summed E-state index contributed by atoms with van der Waals surface area (Å²) in [4.78, 5) is 23.2. The predicted molar refractivity (Wildman–Crippen MR) is 93.5 cm³/mol. The molecule has 0 saturated carbocycles. The zero-order valence-electron chi connectivity index (χ0n) is 14.7. The number of ether oxygens (including phenoxy) is 1. The molecule has 1 aromatic heterocycles. The van der Waals surface area contributed by atoms with Crippen molar-refractivity contribution in [3.63, 3.8) is 0 Å². The van der Waals surface area contributed by atoms with Crippen LogP contribution in [0.1, 0.15) is 32.1 Å². The molecule has 10 heteroatoms. The second-order valence-corrected chi connectivity index (χ2v) is 7.81. The third kappa shape index (κ3) is 6.60. The standard InChI is InChI=1S/C16H24N4O5S/c1-20-11-14(9-18-20)26(23,24)19-10-16(22)25-12-15(21)17-8-7-13-5-3-2-4-6-13/h5,9,11,19H,2-4,6-8,10,12H2,1H3,(H,17,21). The average molecular weight is 384 g/mol. The third-order valence-electron chi connectivity index (χ3n) is 3.92. The van der Waals surface area contributed by atoms with Gasteiger partial charge in [-0.15, -0.1) is 0 Å². The van der Waals surface area contributed by atoms with E-state index in [0.717, 1.165) is 19.3 Å². The second-order valence-electron chi connectivity index (χ2n) is 6.04. The van der Waals surface area contributed by atoms with Crippen LogP contribution in [0.2, 0.25) is 0 Å². The molecule has 0 bridgehead atoms. The van der Waals surface area contributed by atoms with Crippen molar-refractivity contribution in [1.82, 2.24) is 19.8 Å². The Morgan fingerprint density at radius 1 is 1.35 bits per heavy atom. The number of aryl methyl sites for hydroxylation is 1. The first-order valence-electron chi connectivity index (χ1n) is 8.45. The summed E-state index contributed by atoms with van der Waals surface area (Å²) in [5.41, 5.74) is 1.35. The van der Waals surface area contributed by atoms with Gasteiger partial charge in [-0.3, -0.25) is 14.3 Å². The van der Waals surface area contributed by atoms with Crippen molar-refractivity contribution in [2.75, 3.05) is 19.7 Å². The Bertz CT molecular complexity index is 769. The van der Waals surface area contributed by atoms with Crippen LogP contribution in [0.15, 0.2) is 28.9 Å². The molecule has 1 amide bonds. The molecule has 1 heterocycles. The third-order valence-corrected chi connectivity index (χ3v) is 5.27. The van der Waals surface area contributed by atoms with Crippen molar-refractivity contribution >= 4 is 21.9 Å². The highest BCUT2D eigenvalue weighted by Crippen LogP contribution is 2.19. The minimum Gasteiger partial charge on any atom is -0.455 e. The van der Waals surface area contributed by atoms with Crippen molar-refractivity contribution in [2.45, 2.75) is 37.0 Å². The number of hydrogen-bond acceptors (Lipinski definition) is 6. The molecule has 0 aromatic carbocycles. The van der Waals surface area contributed by atoms with E-state index in [-0.39, 0.29) is 4.90 Å². The lowest BCUT2D eigenvalue weighted by Crippen LogP contribution is -2.34. The van der Waals surface area contributed by atoms with Crippen molar-refractivity contribution in [3.05, 3.63) is 24.0 Å². The van der Waals surface area contributed by atoms with E-state index in [0.29, 0.717) is 6.54 Å². The molecule has 0 aliphatic heterocycles. The minimum absolute atomic E-state index is 0.0532. The topological polar surface area (TPSA) is 119 Å². The molecule has 0 fully saturated rings. The second kappa shape index (κ2) is 9.48. The summed E-state index contributed by atoms with van der Waals surface area (Å²) in [6, 6.07) is 0. The summed E-state index contributed by atoms with van der Waals surface area (Å²) in [5, 5.41) is 6.44. The largest absolute Gasteiger partial charge is 0.455 e. The Morgan fingerprint density at radius 2 is 2.15 bits per heavy atom. The Morgan fingerprint density at radius 3 is 2.81 bits per heavy atom. The van der Waals surface area contributed by atoms with Gasteiger partial charge in [0.15, 0.2) is 6.61 Å². The number of amides is 1. The summed E-state index contributed by atoms with van der Waals surface area (Å²) >= 11 is 0. The highest BCUT2D eigenvalue weighted by molar-refractivity contribution is 7.89. The lowest BCUT2D eigenvalue weighted by atomic mass is 9.97. The van der Waals surface area contributed by atoms with Gasteiger partial charge in [0, 0.05) is 19.8 Å². The maximum atomic E-state index is 11.9. The number of aromatic nitrogens is 2. The first kappa shape index (κ1) is 20.1. The van der Waals surface area contributed by atoms with Gasteiger partial charge in [0.05, 0.1) is 6.20 Å². The number of nitrogens with zero attached hydrogens (tertiary/aromatic N) is 2. The number of sulfonamides is 1. The lowest BCUT2D eigenvalue weighted by molar-refractivity contribution is -0.147. The maximum Gasteiger partial charge on any atom is 0.321 e. The summed E-state index contributed by atoms with van der Waals surface area (Å²) in [6.45, 7) is -0.500. The van der Waals surface area contributed by atoms with Crippen molar-refractivity contribution in [1.29, 1.82) is 0 Å². The number of esters is 1. The van der Waals surface area contributed by atoms with E-state index < -0.39 is 35.1 Å². The first-order chi connectivity index (χ1) is 12.4. The molecule has 0 unspecified atom stereocenters. The summed E-state index contributed by atoms with van der Waals surface area (Å²) in [7, 11) is -2.26.